The lowest BCUT2D eigenvalue weighted by Gasteiger charge is -2.08. The van der Waals surface area contributed by atoms with Gasteiger partial charge in [0.05, 0.1) is 24.5 Å². The Hall–Kier alpha value is -2.65. The Morgan fingerprint density at radius 2 is 2.21 bits per heavy atom. The Labute approximate surface area is 171 Å². The third kappa shape index (κ3) is 5.43. The second-order valence-electron chi connectivity index (χ2n) is 5.88. The first-order valence-electron chi connectivity index (χ1n) is 8.68. The smallest absolute Gasteiger partial charge is 0.311 e. The molecule has 9 heteroatoms. The monoisotopic (exact) mass is 416 g/mol. The number of esters is 1. The predicted molar refractivity (Wildman–Crippen MR) is 110 cm³/mol. The number of thiazole rings is 1. The number of carbonyl (C=O) groups is 2. The second-order valence-corrected chi connectivity index (χ2v) is 7.68. The SMILES string of the molecule is CCOC(=O)Cc1csc(NC(=O)CSc2nccn2-c2cccc(C)c2)n1. The summed E-state index contributed by atoms with van der Waals surface area (Å²) in [6, 6.07) is 8.08. The first-order valence-corrected chi connectivity index (χ1v) is 10.5. The molecule has 0 aliphatic heterocycles. The summed E-state index contributed by atoms with van der Waals surface area (Å²) in [5.74, 6) is -0.305. The van der Waals surface area contributed by atoms with Gasteiger partial charge in [-0.2, -0.15) is 0 Å². The molecule has 2 heterocycles. The molecule has 0 bridgehead atoms. The summed E-state index contributed by atoms with van der Waals surface area (Å²) in [4.78, 5) is 32.3. The summed E-state index contributed by atoms with van der Waals surface area (Å²) in [6.45, 7) is 4.12. The molecule has 0 aliphatic rings. The van der Waals surface area contributed by atoms with Gasteiger partial charge in [-0.25, -0.2) is 9.97 Å². The number of carbonyl (C=O) groups excluding carboxylic acids is 2. The highest BCUT2D eigenvalue weighted by Crippen LogP contribution is 2.22. The van der Waals surface area contributed by atoms with Crippen molar-refractivity contribution in [3.8, 4) is 5.69 Å². The van der Waals surface area contributed by atoms with Crippen LogP contribution in [-0.2, 0) is 20.7 Å². The number of rotatable bonds is 8. The van der Waals surface area contributed by atoms with Crippen LogP contribution in [-0.4, -0.2) is 38.8 Å². The fraction of sp³-hybridized carbons (Fsp3) is 0.263. The molecule has 1 amide bonds. The van der Waals surface area contributed by atoms with Gasteiger partial charge in [-0.3, -0.25) is 14.2 Å². The summed E-state index contributed by atoms with van der Waals surface area (Å²) >= 11 is 2.63. The van der Waals surface area contributed by atoms with E-state index in [1.54, 1.807) is 18.5 Å². The quantitative estimate of drug-likeness (QED) is 0.447. The number of aromatic nitrogens is 3. The molecule has 7 nitrogen and oxygen atoms in total. The minimum atomic E-state index is -0.329. The molecule has 0 atom stereocenters. The summed E-state index contributed by atoms with van der Waals surface area (Å²) in [7, 11) is 0. The van der Waals surface area contributed by atoms with Gasteiger partial charge < -0.3 is 10.1 Å². The van der Waals surface area contributed by atoms with Gasteiger partial charge in [0, 0.05) is 23.5 Å². The van der Waals surface area contributed by atoms with Gasteiger partial charge >= 0.3 is 5.97 Å². The van der Waals surface area contributed by atoms with Gasteiger partial charge in [-0.1, -0.05) is 23.9 Å². The number of benzene rings is 1. The number of amides is 1. The van der Waals surface area contributed by atoms with Crippen molar-refractivity contribution in [1.29, 1.82) is 0 Å². The van der Waals surface area contributed by atoms with Crippen molar-refractivity contribution >= 4 is 40.1 Å². The Morgan fingerprint density at radius 1 is 1.36 bits per heavy atom. The van der Waals surface area contributed by atoms with E-state index in [1.807, 2.05) is 35.9 Å². The number of nitrogens with zero attached hydrogens (tertiary/aromatic N) is 3. The average Bonchev–Trinajstić information content (AvgIpc) is 3.29. The predicted octanol–water partition coefficient (Wildman–Crippen LogP) is 3.47. The number of ether oxygens (including phenoxy) is 1. The van der Waals surface area contributed by atoms with Crippen molar-refractivity contribution in [2.45, 2.75) is 25.4 Å². The van der Waals surface area contributed by atoms with E-state index in [9.17, 15) is 9.59 Å². The third-order valence-electron chi connectivity index (χ3n) is 3.65. The molecule has 0 aliphatic carbocycles. The number of aryl methyl sites for hydroxylation is 1. The van der Waals surface area contributed by atoms with Crippen molar-refractivity contribution in [2.75, 3.05) is 17.7 Å². The molecule has 3 aromatic rings. The Balaban J connectivity index is 1.55. The highest BCUT2D eigenvalue weighted by atomic mass is 32.2. The maximum Gasteiger partial charge on any atom is 0.311 e. The van der Waals surface area contributed by atoms with E-state index in [2.05, 4.69) is 21.4 Å². The molecule has 2 aromatic heterocycles. The largest absolute Gasteiger partial charge is 0.466 e. The van der Waals surface area contributed by atoms with Crippen LogP contribution in [0.25, 0.3) is 5.69 Å². The zero-order valence-corrected chi connectivity index (χ0v) is 17.2. The second kappa shape index (κ2) is 9.52. The maximum atomic E-state index is 12.2. The van der Waals surface area contributed by atoms with Crippen LogP contribution in [0.15, 0.2) is 47.2 Å². The summed E-state index contributed by atoms with van der Waals surface area (Å²) in [5.41, 5.74) is 2.74. The number of anilines is 1. The molecule has 146 valence electrons. The zero-order valence-electron chi connectivity index (χ0n) is 15.5. The van der Waals surface area contributed by atoms with Gasteiger partial charge in [0.2, 0.25) is 5.91 Å². The first kappa shape index (κ1) is 20.1. The fourth-order valence-corrected chi connectivity index (χ4v) is 3.96. The van der Waals surface area contributed by atoms with Crippen molar-refractivity contribution < 1.29 is 14.3 Å². The van der Waals surface area contributed by atoms with E-state index in [0.29, 0.717) is 17.4 Å². The van der Waals surface area contributed by atoms with Crippen LogP contribution in [0.2, 0.25) is 0 Å². The van der Waals surface area contributed by atoms with Crippen LogP contribution >= 0.6 is 23.1 Å². The van der Waals surface area contributed by atoms with Crippen molar-refractivity contribution in [1.82, 2.24) is 14.5 Å². The van der Waals surface area contributed by atoms with Crippen molar-refractivity contribution in [3.05, 3.63) is 53.3 Å². The number of nitrogens with one attached hydrogen (secondary N) is 1. The number of thioether (sulfide) groups is 1. The number of hydrogen-bond acceptors (Lipinski definition) is 7. The molecule has 0 fully saturated rings. The average molecular weight is 417 g/mol. The van der Waals surface area contributed by atoms with E-state index >= 15 is 0 Å². The molecule has 1 N–H and O–H groups in total. The van der Waals surface area contributed by atoms with Gasteiger partial charge in [-0.15, -0.1) is 11.3 Å². The summed E-state index contributed by atoms with van der Waals surface area (Å²) < 4.78 is 6.85. The molecular weight excluding hydrogens is 396 g/mol. The van der Waals surface area contributed by atoms with Gasteiger partial charge in [0.1, 0.15) is 0 Å². The summed E-state index contributed by atoms with van der Waals surface area (Å²) in [5, 5.41) is 5.70. The Morgan fingerprint density at radius 3 is 3.00 bits per heavy atom. The molecular formula is C19H20N4O3S2. The lowest BCUT2D eigenvalue weighted by atomic mass is 10.2. The van der Waals surface area contributed by atoms with E-state index in [1.165, 1.54) is 23.1 Å². The van der Waals surface area contributed by atoms with Crippen LogP contribution in [0.1, 0.15) is 18.2 Å². The topological polar surface area (TPSA) is 86.1 Å². The maximum absolute atomic E-state index is 12.2. The van der Waals surface area contributed by atoms with E-state index < -0.39 is 0 Å². The third-order valence-corrected chi connectivity index (χ3v) is 5.42. The minimum absolute atomic E-state index is 0.100. The van der Waals surface area contributed by atoms with Crippen LogP contribution in [0, 0.1) is 6.92 Å². The molecule has 0 spiro atoms. The van der Waals surface area contributed by atoms with Crippen LogP contribution < -0.4 is 5.32 Å². The Bertz CT molecular complexity index is 968. The van der Waals surface area contributed by atoms with E-state index in [-0.39, 0.29) is 24.1 Å². The number of imidazole rings is 1. The molecule has 3 rings (SSSR count). The molecule has 0 saturated carbocycles. The zero-order chi connectivity index (χ0) is 19.9. The van der Waals surface area contributed by atoms with Crippen molar-refractivity contribution in [3.63, 3.8) is 0 Å². The first-order chi connectivity index (χ1) is 13.5. The van der Waals surface area contributed by atoms with E-state index in [4.69, 9.17) is 4.74 Å². The van der Waals surface area contributed by atoms with Gasteiger partial charge in [-0.05, 0) is 31.5 Å². The Kier molecular flexibility index (Phi) is 6.83. The van der Waals surface area contributed by atoms with Crippen LogP contribution in [0.4, 0.5) is 5.13 Å². The summed E-state index contributed by atoms with van der Waals surface area (Å²) in [6.07, 6.45) is 3.69. The molecule has 0 saturated heterocycles. The minimum Gasteiger partial charge on any atom is -0.466 e. The number of hydrogen-bond donors (Lipinski definition) is 1. The van der Waals surface area contributed by atoms with Gasteiger partial charge in [0.25, 0.3) is 0 Å². The van der Waals surface area contributed by atoms with E-state index in [0.717, 1.165) is 16.4 Å². The fourth-order valence-electron chi connectivity index (χ4n) is 2.46. The standard InChI is InChI=1S/C19H20N4O3S2/c1-3-26-17(25)10-14-11-27-18(21-14)22-16(24)12-28-19-20-7-8-23(19)15-6-4-5-13(2)9-15/h4-9,11H,3,10,12H2,1-2H3,(H,21,22,24). The van der Waals surface area contributed by atoms with Gasteiger partial charge in [0.15, 0.2) is 10.3 Å². The molecule has 1 aromatic carbocycles. The normalized spacial score (nSPS) is 10.6. The van der Waals surface area contributed by atoms with Crippen molar-refractivity contribution in [2.24, 2.45) is 0 Å². The molecule has 28 heavy (non-hydrogen) atoms. The lowest BCUT2D eigenvalue weighted by Crippen LogP contribution is -2.14. The van der Waals surface area contributed by atoms with Crippen LogP contribution in [0.5, 0.6) is 0 Å². The lowest BCUT2D eigenvalue weighted by molar-refractivity contribution is -0.142. The van der Waals surface area contributed by atoms with Crippen LogP contribution in [0.3, 0.4) is 0 Å². The highest BCUT2D eigenvalue weighted by molar-refractivity contribution is 7.99. The molecule has 0 unspecified atom stereocenters. The molecule has 0 radical (unpaired) electrons. The highest BCUT2D eigenvalue weighted by Gasteiger charge is 2.12.